The number of aryl methyl sites for hydroxylation is 1. The molecule has 0 aliphatic rings. The van der Waals surface area contributed by atoms with E-state index in [2.05, 4.69) is 15.6 Å². The minimum Gasteiger partial charge on any atom is -0.273 e. The van der Waals surface area contributed by atoms with E-state index < -0.39 is 28.9 Å². The number of carbonyl (C=O) groups is 1. The van der Waals surface area contributed by atoms with Crippen LogP contribution in [-0.4, -0.2) is 27.3 Å². The van der Waals surface area contributed by atoms with Gasteiger partial charge in [0.25, 0.3) is 5.56 Å². The summed E-state index contributed by atoms with van der Waals surface area (Å²) in [6, 6.07) is 4.76. The third kappa shape index (κ3) is 5.12. The Morgan fingerprint density at radius 1 is 1.28 bits per heavy atom. The first-order valence-electron chi connectivity index (χ1n) is 6.93. The number of hydrogen-bond donors (Lipinski definition) is 3. The highest BCUT2D eigenvalue weighted by Crippen LogP contribution is 2.30. The number of halogens is 3. The Morgan fingerprint density at radius 2 is 2.00 bits per heavy atom. The van der Waals surface area contributed by atoms with Gasteiger partial charge in [0.1, 0.15) is 5.69 Å². The van der Waals surface area contributed by atoms with E-state index >= 15 is 0 Å². The molecule has 0 spiro atoms. The molecule has 0 saturated heterocycles. The summed E-state index contributed by atoms with van der Waals surface area (Å²) in [5.41, 5.74) is -0.565. The highest BCUT2D eigenvalue weighted by molar-refractivity contribution is 5.84. The largest absolute Gasteiger partial charge is 0.417 e. The second kappa shape index (κ2) is 7.55. The molecule has 8 nitrogen and oxygen atoms in total. The van der Waals surface area contributed by atoms with Crippen molar-refractivity contribution in [3.8, 4) is 0 Å². The van der Waals surface area contributed by atoms with Crippen LogP contribution in [-0.2, 0) is 17.4 Å². The molecule has 1 aromatic heterocycles. The van der Waals surface area contributed by atoms with Crippen LogP contribution in [0.1, 0.15) is 23.2 Å². The van der Waals surface area contributed by atoms with E-state index in [0.717, 1.165) is 12.3 Å². The molecule has 11 heteroatoms. The normalized spacial score (nSPS) is 11.6. The number of nitrogens with zero attached hydrogens (tertiary/aromatic N) is 2. The average Bonchev–Trinajstić information content (AvgIpc) is 2.53. The van der Waals surface area contributed by atoms with Gasteiger partial charge in [0, 0.05) is 18.4 Å². The van der Waals surface area contributed by atoms with Crippen LogP contribution in [0.4, 0.5) is 13.2 Å². The lowest BCUT2D eigenvalue weighted by atomic mass is 10.1. The molecule has 1 heterocycles. The van der Waals surface area contributed by atoms with Gasteiger partial charge in [-0.1, -0.05) is 18.2 Å². The molecule has 0 saturated carbocycles. The summed E-state index contributed by atoms with van der Waals surface area (Å²) < 4.78 is 38.4. The molecule has 0 aliphatic carbocycles. The fraction of sp³-hybridized carbons (Fsp3) is 0.214. The maximum Gasteiger partial charge on any atom is 0.417 e. The van der Waals surface area contributed by atoms with E-state index in [1.54, 1.807) is 0 Å². The quantitative estimate of drug-likeness (QED) is 0.536. The molecule has 0 bridgehead atoms. The smallest absolute Gasteiger partial charge is 0.273 e. The first kappa shape index (κ1) is 18.1. The Kier molecular flexibility index (Phi) is 5.47. The number of amides is 1. The summed E-state index contributed by atoms with van der Waals surface area (Å²) in [6.45, 7) is 0. The number of alkyl halides is 3. The number of nitrogens with one attached hydrogen (secondary N) is 3. The zero-order chi connectivity index (χ0) is 18.4. The van der Waals surface area contributed by atoms with Gasteiger partial charge in [0.2, 0.25) is 5.91 Å². The molecular formula is C14H12F3N5O3. The molecule has 2 aromatic rings. The van der Waals surface area contributed by atoms with Crippen molar-refractivity contribution in [1.82, 2.24) is 20.6 Å². The molecular weight excluding hydrogens is 343 g/mol. The number of benzene rings is 1. The maximum atomic E-state index is 12.8. The fourth-order valence-corrected chi connectivity index (χ4v) is 1.87. The van der Waals surface area contributed by atoms with Gasteiger partial charge in [-0.15, -0.1) is 0 Å². The molecule has 25 heavy (non-hydrogen) atoms. The number of hydrogen-bond acceptors (Lipinski definition) is 5. The lowest BCUT2D eigenvalue weighted by Gasteiger charge is -2.09. The summed E-state index contributed by atoms with van der Waals surface area (Å²) >= 11 is 0. The first-order chi connectivity index (χ1) is 11.8. The standard InChI is InChI=1S/C14H12F3N5O3/c15-14(16,17)9-4-2-1-3-8(9)7-18-21-11(23)6-5-10-12(24)19-13(25)22-20-10/h1-4,7H,5-6H2,(H,21,23)(H2,19,22,24,25)/b18-7-. The molecule has 3 N–H and O–H groups in total. The molecule has 1 amide bonds. The molecule has 0 fully saturated rings. The highest BCUT2D eigenvalue weighted by atomic mass is 19.4. The number of carbonyl (C=O) groups excluding carboxylic acids is 1. The van der Waals surface area contributed by atoms with Crippen LogP contribution in [0.2, 0.25) is 0 Å². The molecule has 2 rings (SSSR count). The Balaban J connectivity index is 1.95. The topological polar surface area (TPSA) is 120 Å². The van der Waals surface area contributed by atoms with Crippen molar-refractivity contribution in [3.63, 3.8) is 0 Å². The minimum atomic E-state index is -4.54. The van der Waals surface area contributed by atoms with Crippen molar-refractivity contribution in [2.75, 3.05) is 0 Å². The Hall–Kier alpha value is -3.24. The van der Waals surface area contributed by atoms with Crippen LogP contribution < -0.4 is 16.7 Å². The fourth-order valence-electron chi connectivity index (χ4n) is 1.87. The molecule has 0 radical (unpaired) electrons. The maximum absolute atomic E-state index is 12.8. The number of aromatic amines is 2. The van der Waals surface area contributed by atoms with Gasteiger partial charge in [-0.05, 0) is 6.07 Å². The lowest BCUT2D eigenvalue weighted by Crippen LogP contribution is -2.28. The van der Waals surface area contributed by atoms with Crippen molar-refractivity contribution in [2.45, 2.75) is 19.0 Å². The third-order valence-corrected chi connectivity index (χ3v) is 3.03. The van der Waals surface area contributed by atoms with Gasteiger partial charge in [0.05, 0.1) is 11.8 Å². The molecule has 1 aromatic carbocycles. The lowest BCUT2D eigenvalue weighted by molar-refractivity contribution is -0.137. The van der Waals surface area contributed by atoms with Gasteiger partial charge >= 0.3 is 11.9 Å². The van der Waals surface area contributed by atoms with Crippen molar-refractivity contribution in [3.05, 3.63) is 61.9 Å². The van der Waals surface area contributed by atoms with Gasteiger partial charge in [0.15, 0.2) is 0 Å². The van der Waals surface area contributed by atoms with Gasteiger partial charge < -0.3 is 0 Å². The zero-order valence-corrected chi connectivity index (χ0v) is 12.6. The zero-order valence-electron chi connectivity index (χ0n) is 12.6. The first-order valence-corrected chi connectivity index (χ1v) is 6.93. The summed E-state index contributed by atoms with van der Waals surface area (Å²) in [5, 5.41) is 8.99. The Bertz CT molecular complexity index is 901. The highest BCUT2D eigenvalue weighted by Gasteiger charge is 2.32. The van der Waals surface area contributed by atoms with Crippen molar-refractivity contribution < 1.29 is 18.0 Å². The van der Waals surface area contributed by atoms with Crippen molar-refractivity contribution in [1.29, 1.82) is 0 Å². The minimum absolute atomic E-state index is 0.0545. The van der Waals surface area contributed by atoms with Crippen molar-refractivity contribution in [2.24, 2.45) is 5.10 Å². The van der Waals surface area contributed by atoms with E-state index in [1.807, 2.05) is 10.1 Å². The second-order valence-electron chi connectivity index (χ2n) is 4.83. The van der Waals surface area contributed by atoms with Gasteiger partial charge in [-0.2, -0.15) is 23.4 Å². The van der Waals surface area contributed by atoms with Crippen LogP contribution in [0.15, 0.2) is 39.0 Å². The Labute approximate surface area is 137 Å². The number of hydrazone groups is 1. The van der Waals surface area contributed by atoms with E-state index in [0.29, 0.717) is 0 Å². The van der Waals surface area contributed by atoms with Gasteiger partial charge in [-0.25, -0.2) is 15.3 Å². The van der Waals surface area contributed by atoms with E-state index in [4.69, 9.17) is 0 Å². The molecule has 0 unspecified atom stereocenters. The van der Waals surface area contributed by atoms with Crippen LogP contribution >= 0.6 is 0 Å². The predicted octanol–water partition coefficient (Wildman–Crippen LogP) is 0.560. The van der Waals surface area contributed by atoms with Crippen molar-refractivity contribution >= 4 is 12.1 Å². The number of aromatic nitrogens is 3. The van der Waals surface area contributed by atoms with Crippen LogP contribution in [0.5, 0.6) is 0 Å². The molecule has 132 valence electrons. The molecule has 0 aliphatic heterocycles. The summed E-state index contributed by atoms with van der Waals surface area (Å²) in [6.07, 6.45) is -3.93. The van der Waals surface area contributed by atoms with E-state index in [1.165, 1.54) is 18.2 Å². The predicted molar refractivity (Wildman–Crippen MR) is 81.0 cm³/mol. The van der Waals surface area contributed by atoms with Crippen LogP contribution in [0.25, 0.3) is 0 Å². The Morgan fingerprint density at radius 3 is 2.68 bits per heavy atom. The molecule has 0 atom stereocenters. The van der Waals surface area contributed by atoms with Crippen LogP contribution in [0.3, 0.4) is 0 Å². The van der Waals surface area contributed by atoms with Gasteiger partial charge in [-0.3, -0.25) is 14.6 Å². The summed E-state index contributed by atoms with van der Waals surface area (Å²) in [4.78, 5) is 35.7. The SMILES string of the molecule is O=C(CCc1n[nH]c(=O)[nH]c1=O)N/N=C\c1ccccc1C(F)(F)F. The number of H-pyrrole nitrogens is 2. The van der Waals surface area contributed by atoms with E-state index in [-0.39, 0.29) is 24.1 Å². The van der Waals surface area contributed by atoms with Crippen LogP contribution in [0, 0.1) is 0 Å². The number of rotatable bonds is 5. The van der Waals surface area contributed by atoms with E-state index in [9.17, 15) is 27.6 Å². The summed E-state index contributed by atoms with van der Waals surface area (Å²) in [7, 11) is 0. The third-order valence-electron chi connectivity index (χ3n) is 3.03. The second-order valence-corrected chi connectivity index (χ2v) is 4.83. The average molecular weight is 355 g/mol. The monoisotopic (exact) mass is 355 g/mol. The summed E-state index contributed by atoms with van der Waals surface area (Å²) in [5.74, 6) is -0.631.